The van der Waals surface area contributed by atoms with Crippen LogP contribution in [0.3, 0.4) is 0 Å². The molecule has 0 spiro atoms. The van der Waals surface area contributed by atoms with E-state index < -0.39 is 0 Å². The molecule has 0 aliphatic carbocycles. The zero-order chi connectivity index (χ0) is 12.1. The van der Waals surface area contributed by atoms with Gasteiger partial charge < -0.3 is 0 Å². The molecule has 2 rings (SSSR count). The number of hydrogen-bond acceptors (Lipinski definition) is 0. The Labute approximate surface area is 105 Å². The molecule has 2 aromatic carbocycles. The average molecular weight is 240 g/mol. The van der Waals surface area contributed by atoms with Crippen LogP contribution in [0.4, 0.5) is 0 Å². The highest BCUT2D eigenvalue weighted by Crippen LogP contribution is 2.34. The van der Waals surface area contributed by atoms with Gasteiger partial charge in [0.15, 0.2) is 0 Å². The molecule has 0 unspecified atom stereocenters. The summed E-state index contributed by atoms with van der Waals surface area (Å²) in [6.45, 7) is 6.17. The smallest absolute Gasteiger partial charge is 0.00393 e. The summed E-state index contributed by atoms with van der Waals surface area (Å²) in [4.78, 5) is 0. The Kier molecular flexibility index (Phi) is 4.12. The fraction of sp³-hybridized carbons (Fsp3) is 0.125. The summed E-state index contributed by atoms with van der Waals surface area (Å²) in [5, 5.41) is 2.86. The van der Waals surface area contributed by atoms with Crippen LogP contribution in [0, 0.1) is 0 Å². The van der Waals surface area contributed by atoms with Gasteiger partial charge in [-0.3, -0.25) is 0 Å². The summed E-state index contributed by atoms with van der Waals surface area (Å²) in [5.41, 5.74) is 1.25. The van der Waals surface area contributed by atoms with Crippen LogP contribution in [0.25, 0.3) is 0 Å². The largest absolute Gasteiger partial charge is 0.0998 e. The first-order chi connectivity index (χ1) is 8.27. The van der Waals surface area contributed by atoms with Gasteiger partial charge in [-0.2, -0.15) is 0 Å². The molecule has 0 bridgehead atoms. The molecule has 0 amide bonds. The second kappa shape index (κ2) is 5.80. The molecule has 0 saturated carbocycles. The van der Waals surface area contributed by atoms with E-state index in [4.69, 9.17) is 0 Å². The Bertz CT molecular complexity index is 434. The molecular weight excluding hydrogens is 223 g/mol. The molecule has 0 aliphatic heterocycles. The molecular formula is C16H17P. The fourth-order valence-corrected chi connectivity index (χ4v) is 4.08. The minimum Gasteiger partial charge on any atom is -0.0998 e. The average Bonchev–Trinajstić information content (AvgIpc) is 2.38. The lowest BCUT2D eigenvalue weighted by atomic mass is 10.4. The molecule has 17 heavy (non-hydrogen) atoms. The third-order valence-corrected chi connectivity index (χ3v) is 5.26. The third-order valence-electron chi connectivity index (χ3n) is 2.56. The second-order valence-corrected chi connectivity index (χ2v) is 6.42. The number of allylic oxidation sites excluding steroid dienone is 1. The summed E-state index contributed by atoms with van der Waals surface area (Å²) in [6, 6.07) is 21.5. The van der Waals surface area contributed by atoms with Crippen LogP contribution < -0.4 is 10.6 Å². The van der Waals surface area contributed by atoms with Gasteiger partial charge in [0.25, 0.3) is 0 Å². The SMILES string of the molecule is C=C(C)CP(c1ccccc1)c1ccccc1. The van der Waals surface area contributed by atoms with Gasteiger partial charge in [-0.1, -0.05) is 72.8 Å². The van der Waals surface area contributed by atoms with Crippen molar-refractivity contribution >= 4 is 18.5 Å². The molecule has 0 N–H and O–H groups in total. The third kappa shape index (κ3) is 3.28. The van der Waals surface area contributed by atoms with E-state index in [1.54, 1.807) is 0 Å². The maximum absolute atomic E-state index is 4.06. The zero-order valence-electron chi connectivity index (χ0n) is 10.1. The van der Waals surface area contributed by atoms with Crippen molar-refractivity contribution < 1.29 is 0 Å². The lowest BCUT2D eigenvalue weighted by Crippen LogP contribution is -2.14. The van der Waals surface area contributed by atoms with E-state index >= 15 is 0 Å². The van der Waals surface area contributed by atoms with E-state index in [9.17, 15) is 0 Å². The van der Waals surface area contributed by atoms with Crippen LogP contribution in [0.2, 0.25) is 0 Å². The molecule has 2 aromatic rings. The highest BCUT2D eigenvalue weighted by atomic mass is 31.1. The molecule has 0 saturated heterocycles. The highest BCUT2D eigenvalue weighted by Gasteiger charge is 2.12. The molecule has 0 radical (unpaired) electrons. The van der Waals surface area contributed by atoms with Crippen molar-refractivity contribution in [1.82, 2.24) is 0 Å². The van der Waals surface area contributed by atoms with E-state index in [-0.39, 0.29) is 7.92 Å². The summed E-state index contributed by atoms with van der Waals surface area (Å²) in [6.07, 6.45) is 1.07. The summed E-state index contributed by atoms with van der Waals surface area (Å²) >= 11 is 0. The second-order valence-electron chi connectivity index (χ2n) is 4.21. The molecule has 0 nitrogen and oxygen atoms in total. The van der Waals surface area contributed by atoms with E-state index in [2.05, 4.69) is 74.2 Å². The molecule has 0 atom stereocenters. The maximum Gasteiger partial charge on any atom is -0.00393 e. The fourth-order valence-electron chi connectivity index (χ4n) is 1.82. The zero-order valence-corrected chi connectivity index (χ0v) is 11.0. The van der Waals surface area contributed by atoms with Crippen LogP contribution >= 0.6 is 7.92 Å². The van der Waals surface area contributed by atoms with Crippen molar-refractivity contribution in [3.8, 4) is 0 Å². The van der Waals surface area contributed by atoms with Crippen molar-refractivity contribution in [2.75, 3.05) is 6.16 Å². The van der Waals surface area contributed by atoms with Crippen molar-refractivity contribution in [1.29, 1.82) is 0 Å². The van der Waals surface area contributed by atoms with Crippen LogP contribution in [0.1, 0.15) is 6.92 Å². The molecule has 1 heteroatoms. The van der Waals surface area contributed by atoms with Crippen molar-refractivity contribution in [3.05, 3.63) is 72.8 Å². The number of benzene rings is 2. The summed E-state index contributed by atoms with van der Waals surface area (Å²) < 4.78 is 0. The number of hydrogen-bond donors (Lipinski definition) is 0. The Morgan fingerprint density at radius 2 is 1.29 bits per heavy atom. The maximum atomic E-state index is 4.06. The first kappa shape index (κ1) is 12.1. The lowest BCUT2D eigenvalue weighted by molar-refractivity contribution is 1.43. The quantitative estimate of drug-likeness (QED) is 0.564. The van der Waals surface area contributed by atoms with Gasteiger partial charge in [-0.15, -0.1) is 0 Å². The lowest BCUT2D eigenvalue weighted by Gasteiger charge is -2.18. The number of rotatable bonds is 4. The highest BCUT2D eigenvalue weighted by molar-refractivity contribution is 7.73. The van der Waals surface area contributed by atoms with Gasteiger partial charge in [0.05, 0.1) is 0 Å². The standard InChI is InChI=1S/C16H17P/c1-14(2)13-17(15-9-5-3-6-10-15)16-11-7-4-8-12-16/h3-12H,1,13H2,2H3. The first-order valence-corrected chi connectivity index (χ1v) is 7.32. The first-order valence-electron chi connectivity index (χ1n) is 5.79. The van der Waals surface area contributed by atoms with Gasteiger partial charge >= 0.3 is 0 Å². The van der Waals surface area contributed by atoms with Crippen LogP contribution in [0.5, 0.6) is 0 Å². The van der Waals surface area contributed by atoms with E-state index in [1.165, 1.54) is 16.2 Å². The topological polar surface area (TPSA) is 0 Å². The van der Waals surface area contributed by atoms with Gasteiger partial charge in [0.2, 0.25) is 0 Å². The Morgan fingerprint density at radius 3 is 1.65 bits per heavy atom. The van der Waals surface area contributed by atoms with E-state index in [0.717, 1.165) is 6.16 Å². The van der Waals surface area contributed by atoms with Crippen molar-refractivity contribution in [2.24, 2.45) is 0 Å². The minimum atomic E-state index is -0.290. The van der Waals surface area contributed by atoms with Crippen LogP contribution in [-0.2, 0) is 0 Å². The minimum absolute atomic E-state index is 0.290. The monoisotopic (exact) mass is 240 g/mol. The van der Waals surface area contributed by atoms with Gasteiger partial charge in [-0.25, -0.2) is 0 Å². The van der Waals surface area contributed by atoms with Crippen LogP contribution in [0.15, 0.2) is 72.8 Å². The van der Waals surface area contributed by atoms with E-state index in [0.29, 0.717) is 0 Å². The van der Waals surface area contributed by atoms with Crippen molar-refractivity contribution in [2.45, 2.75) is 6.92 Å². The van der Waals surface area contributed by atoms with Gasteiger partial charge in [-0.05, 0) is 31.6 Å². The van der Waals surface area contributed by atoms with Gasteiger partial charge in [0.1, 0.15) is 0 Å². The Morgan fingerprint density at radius 1 is 0.882 bits per heavy atom. The van der Waals surface area contributed by atoms with Crippen LogP contribution in [-0.4, -0.2) is 6.16 Å². The van der Waals surface area contributed by atoms with Crippen molar-refractivity contribution in [3.63, 3.8) is 0 Å². The molecule has 86 valence electrons. The summed E-state index contributed by atoms with van der Waals surface area (Å²) in [5.74, 6) is 0. The molecule has 0 aromatic heterocycles. The molecule has 0 heterocycles. The predicted molar refractivity (Wildman–Crippen MR) is 78.8 cm³/mol. The molecule has 0 aliphatic rings. The van der Waals surface area contributed by atoms with Gasteiger partial charge in [0, 0.05) is 0 Å². The Hall–Kier alpha value is -1.39. The van der Waals surface area contributed by atoms with E-state index in [1.807, 2.05) is 0 Å². The molecule has 0 fully saturated rings. The normalized spacial score (nSPS) is 10.5. The summed E-state index contributed by atoms with van der Waals surface area (Å²) in [7, 11) is -0.290. The predicted octanol–water partition coefficient (Wildman–Crippen LogP) is 3.70. The Balaban J connectivity index is 2.36.